The molecule has 0 aromatic heterocycles. The Morgan fingerprint density at radius 2 is 1.92 bits per heavy atom. The minimum absolute atomic E-state index is 0.775. The third-order valence-electron chi connectivity index (χ3n) is 2.93. The molecule has 0 spiro atoms. The zero-order chi connectivity index (χ0) is 9.26. The summed E-state index contributed by atoms with van der Waals surface area (Å²) in [6.45, 7) is 2.28. The van der Waals surface area contributed by atoms with E-state index in [0.29, 0.717) is 0 Å². The Morgan fingerprint density at radius 1 is 1.31 bits per heavy atom. The molecule has 1 heteroatoms. The number of rotatable bonds is 3. The van der Waals surface area contributed by atoms with Gasteiger partial charge in [0.1, 0.15) is 0 Å². The van der Waals surface area contributed by atoms with Crippen LogP contribution in [-0.2, 0) is 0 Å². The zero-order valence-corrected chi connectivity index (χ0v) is 8.72. The summed E-state index contributed by atoms with van der Waals surface area (Å²) in [5.41, 5.74) is 1.47. The predicted molar refractivity (Wildman–Crippen MR) is 57.2 cm³/mol. The molecule has 1 aliphatic rings. The standard InChI is InChI=1S/C12H15Cl/c1-2-12(9-3-4-9)10-5-7-11(13)8-6-10/h5-9,12H,2-4H2,1H3/t12-/m1/s1. The van der Waals surface area contributed by atoms with Crippen molar-refractivity contribution in [3.05, 3.63) is 34.9 Å². The Hall–Kier alpha value is -0.490. The monoisotopic (exact) mass is 194 g/mol. The molecule has 1 aliphatic carbocycles. The van der Waals surface area contributed by atoms with Crippen LogP contribution in [0, 0.1) is 5.92 Å². The normalized spacial score (nSPS) is 18.6. The van der Waals surface area contributed by atoms with Crippen molar-refractivity contribution in [3.8, 4) is 0 Å². The summed E-state index contributed by atoms with van der Waals surface area (Å²) >= 11 is 5.85. The summed E-state index contributed by atoms with van der Waals surface area (Å²) in [6.07, 6.45) is 4.09. The highest BCUT2D eigenvalue weighted by Crippen LogP contribution is 2.44. The van der Waals surface area contributed by atoms with Crippen LogP contribution in [0.15, 0.2) is 24.3 Å². The molecule has 13 heavy (non-hydrogen) atoms. The van der Waals surface area contributed by atoms with Crippen molar-refractivity contribution in [2.45, 2.75) is 32.1 Å². The maximum atomic E-state index is 5.85. The molecule has 1 aromatic carbocycles. The van der Waals surface area contributed by atoms with Crippen LogP contribution in [0.25, 0.3) is 0 Å². The van der Waals surface area contributed by atoms with Gasteiger partial charge in [-0.15, -0.1) is 0 Å². The van der Waals surface area contributed by atoms with E-state index in [-0.39, 0.29) is 0 Å². The van der Waals surface area contributed by atoms with Crippen molar-refractivity contribution in [1.82, 2.24) is 0 Å². The average Bonchev–Trinajstić information content (AvgIpc) is 2.93. The van der Waals surface area contributed by atoms with E-state index >= 15 is 0 Å². The molecule has 0 N–H and O–H groups in total. The maximum Gasteiger partial charge on any atom is 0.0406 e. The molecule has 0 saturated heterocycles. The van der Waals surface area contributed by atoms with Gasteiger partial charge in [0, 0.05) is 5.02 Å². The van der Waals surface area contributed by atoms with Crippen LogP contribution >= 0.6 is 11.6 Å². The van der Waals surface area contributed by atoms with Gasteiger partial charge in [-0.2, -0.15) is 0 Å². The molecular weight excluding hydrogens is 180 g/mol. The molecule has 0 heterocycles. The lowest BCUT2D eigenvalue weighted by molar-refractivity contribution is 0.587. The quantitative estimate of drug-likeness (QED) is 0.675. The number of benzene rings is 1. The lowest BCUT2D eigenvalue weighted by atomic mass is 9.92. The zero-order valence-electron chi connectivity index (χ0n) is 7.96. The van der Waals surface area contributed by atoms with Crippen LogP contribution in [0.5, 0.6) is 0 Å². The second kappa shape index (κ2) is 3.71. The summed E-state index contributed by atoms with van der Waals surface area (Å²) in [5, 5.41) is 0.842. The van der Waals surface area contributed by atoms with Crippen LogP contribution in [0.4, 0.5) is 0 Å². The van der Waals surface area contributed by atoms with E-state index in [1.165, 1.54) is 24.8 Å². The molecule has 0 radical (unpaired) electrons. The van der Waals surface area contributed by atoms with Gasteiger partial charge in [0.25, 0.3) is 0 Å². The predicted octanol–water partition coefficient (Wildman–Crippen LogP) is 4.24. The number of hydrogen-bond acceptors (Lipinski definition) is 0. The van der Waals surface area contributed by atoms with Crippen molar-refractivity contribution < 1.29 is 0 Å². The SMILES string of the molecule is CC[C@@H](c1ccc(Cl)cc1)C1CC1. The average molecular weight is 195 g/mol. The minimum atomic E-state index is 0.775. The minimum Gasteiger partial charge on any atom is -0.0843 e. The molecule has 1 atom stereocenters. The van der Waals surface area contributed by atoms with Crippen molar-refractivity contribution >= 4 is 11.6 Å². The van der Waals surface area contributed by atoms with E-state index in [0.717, 1.165) is 16.9 Å². The highest BCUT2D eigenvalue weighted by atomic mass is 35.5. The molecule has 70 valence electrons. The summed E-state index contributed by atoms with van der Waals surface area (Å²) in [7, 11) is 0. The van der Waals surface area contributed by atoms with Gasteiger partial charge in [-0.05, 0) is 48.8 Å². The molecule has 0 bridgehead atoms. The van der Waals surface area contributed by atoms with E-state index in [9.17, 15) is 0 Å². The van der Waals surface area contributed by atoms with Crippen LogP contribution in [0.2, 0.25) is 5.02 Å². The molecule has 1 aromatic rings. The number of halogens is 1. The third-order valence-corrected chi connectivity index (χ3v) is 3.18. The van der Waals surface area contributed by atoms with Gasteiger partial charge >= 0.3 is 0 Å². The lowest BCUT2D eigenvalue weighted by Gasteiger charge is -2.13. The van der Waals surface area contributed by atoms with Crippen LogP contribution in [0.3, 0.4) is 0 Å². The fourth-order valence-corrected chi connectivity index (χ4v) is 2.18. The molecule has 1 fully saturated rings. The Morgan fingerprint density at radius 3 is 2.38 bits per heavy atom. The lowest BCUT2D eigenvalue weighted by Crippen LogP contribution is -1.98. The first-order chi connectivity index (χ1) is 6.31. The van der Waals surface area contributed by atoms with Crippen molar-refractivity contribution in [3.63, 3.8) is 0 Å². The highest BCUT2D eigenvalue weighted by Gasteiger charge is 2.30. The Labute approximate surface area is 84.9 Å². The molecular formula is C12H15Cl. The van der Waals surface area contributed by atoms with Crippen molar-refractivity contribution in [2.75, 3.05) is 0 Å². The van der Waals surface area contributed by atoms with Gasteiger partial charge in [0.15, 0.2) is 0 Å². The van der Waals surface area contributed by atoms with Crippen molar-refractivity contribution in [2.24, 2.45) is 5.92 Å². The molecule has 0 nitrogen and oxygen atoms in total. The largest absolute Gasteiger partial charge is 0.0843 e. The smallest absolute Gasteiger partial charge is 0.0406 e. The van der Waals surface area contributed by atoms with E-state index in [4.69, 9.17) is 11.6 Å². The second-order valence-electron chi connectivity index (χ2n) is 3.90. The first-order valence-electron chi connectivity index (χ1n) is 5.06. The van der Waals surface area contributed by atoms with E-state index < -0.39 is 0 Å². The topological polar surface area (TPSA) is 0 Å². The van der Waals surface area contributed by atoms with Gasteiger partial charge in [0.2, 0.25) is 0 Å². The molecule has 2 rings (SSSR count). The first-order valence-corrected chi connectivity index (χ1v) is 5.44. The van der Waals surface area contributed by atoms with Crippen molar-refractivity contribution in [1.29, 1.82) is 0 Å². The molecule has 0 aliphatic heterocycles. The van der Waals surface area contributed by atoms with Crippen LogP contribution < -0.4 is 0 Å². The van der Waals surface area contributed by atoms with Gasteiger partial charge < -0.3 is 0 Å². The van der Waals surface area contributed by atoms with Crippen LogP contribution in [-0.4, -0.2) is 0 Å². The summed E-state index contributed by atoms with van der Waals surface area (Å²) in [6, 6.07) is 8.35. The Kier molecular flexibility index (Phi) is 2.59. The second-order valence-corrected chi connectivity index (χ2v) is 4.34. The number of hydrogen-bond donors (Lipinski definition) is 0. The van der Waals surface area contributed by atoms with E-state index in [1.54, 1.807) is 0 Å². The summed E-state index contributed by atoms with van der Waals surface area (Å²) in [5.74, 6) is 1.73. The van der Waals surface area contributed by atoms with Gasteiger partial charge in [-0.25, -0.2) is 0 Å². The van der Waals surface area contributed by atoms with E-state index in [1.807, 2.05) is 12.1 Å². The molecule has 0 unspecified atom stereocenters. The first kappa shape index (κ1) is 9.08. The summed E-state index contributed by atoms with van der Waals surface area (Å²) in [4.78, 5) is 0. The van der Waals surface area contributed by atoms with Crippen LogP contribution in [0.1, 0.15) is 37.7 Å². The summed E-state index contributed by atoms with van der Waals surface area (Å²) < 4.78 is 0. The van der Waals surface area contributed by atoms with Gasteiger partial charge in [-0.3, -0.25) is 0 Å². The Balaban J connectivity index is 2.17. The highest BCUT2D eigenvalue weighted by molar-refractivity contribution is 6.30. The third kappa shape index (κ3) is 2.05. The fraction of sp³-hybridized carbons (Fsp3) is 0.500. The molecule has 0 amide bonds. The fourth-order valence-electron chi connectivity index (χ4n) is 2.05. The Bertz CT molecular complexity index is 272. The van der Waals surface area contributed by atoms with Gasteiger partial charge in [-0.1, -0.05) is 30.7 Å². The van der Waals surface area contributed by atoms with Gasteiger partial charge in [0.05, 0.1) is 0 Å². The maximum absolute atomic E-state index is 5.85. The van der Waals surface area contributed by atoms with E-state index in [2.05, 4.69) is 19.1 Å². The molecule has 1 saturated carbocycles.